The summed E-state index contributed by atoms with van der Waals surface area (Å²) in [6.45, 7) is 0.737. The number of benzene rings is 2. The number of nitrogens with one attached hydrogen (secondary N) is 1. The highest BCUT2D eigenvalue weighted by Crippen LogP contribution is 2.26. The number of fused-ring (bicyclic) bond motifs is 1. The van der Waals surface area contributed by atoms with Gasteiger partial charge in [0.25, 0.3) is 5.91 Å². The average Bonchev–Trinajstić information content (AvgIpc) is 2.52. The van der Waals surface area contributed by atoms with Crippen molar-refractivity contribution in [3.8, 4) is 5.75 Å². The number of amides is 1. The summed E-state index contributed by atoms with van der Waals surface area (Å²) in [5, 5.41) is 4.42. The van der Waals surface area contributed by atoms with Gasteiger partial charge in [0.05, 0.1) is 12.2 Å². The third-order valence-corrected chi connectivity index (χ3v) is 3.04. The van der Waals surface area contributed by atoms with Gasteiger partial charge in [0.1, 0.15) is 5.75 Å². The van der Waals surface area contributed by atoms with E-state index in [1.165, 1.54) is 0 Å². The molecule has 2 aromatic rings. The molecule has 1 N–H and O–H groups in total. The highest BCUT2D eigenvalue weighted by atomic mass is 16.5. The van der Waals surface area contributed by atoms with Crippen molar-refractivity contribution in [2.24, 2.45) is 0 Å². The molecule has 110 valence electrons. The first kappa shape index (κ1) is 15.0. The summed E-state index contributed by atoms with van der Waals surface area (Å²) >= 11 is 0. The molecule has 0 heterocycles. The lowest BCUT2D eigenvalue weighted by Crippen LogP contribution is -2.31. The molecule has 1 amide bonds. The molecule has 2 rings (SSSR count). The second-order valence-corrected chi connectivity index (χ2v) is 4.45. The Kier molecular flexibility index (Phi) is 5.29. The van der Waals surface area contributed by atoms with Gasteiger partial charge in [-0.15, -0.1) is 0 Å². The van der Waals surface area contributed by atoms with E-state index in [1.54, 1.807) is 13.2 Å². The van der Waals surface area contributed by atoms with Crippen LogP contribution in [0.1, 0.15) is 10.4 Å². The number of methoxy groups -OCH3 is 1. The summed E-state index contributed by atoms with van der Waals surface area (Å²) in [6, 6.07) is 11.1. The third-order valence-electron chi connectivity index (χ3n) is 3.04. The fourth-order valence-corrected chi connectivity index (χ4v) is 2.01. The van der Waals surface area contributed by atoms with E-state index in [-0.39, 0.29) is 12.5 Å². The first-order valence-electron chi connectivity index (χ1n) is 6.61. The number of carbonyl (C=O) groups is 2. The molecule has 0 fully saturated rings. The smallest absolute Gasteiger partial charge is 0.258 e. The molecular formula is C16H17NO4. The van der Waals surface area contributed by atoms with E-state index in [9.17, 15) is 9.59 Å². The van der Waals surface area contributed by atoms with Crippen molar-refractivity contribution in [2.75, 3.05) is 26.9 Å². The zero-order valence-corrected chi connectivity index (χ0v) is 11.8. The van der Waals surface area contributed by atoms with Gasteiger partial charge in [0.2, 0.25) is 0 Å². The van der Waals surface area contributed by atoms with Gasteiger partial charge in [-0.1, -0.05) is 30.3 Å². The Balaban J connectivity index is 2.08. The Bertz CT molecular complexity index is 639. The zero-order chi connectivity index (χ0) is 15.1. The Labute approximate surface area is 122 Å². The molecule has 0 spiro atoms. The van der Waals surface area contributed by atoms with Crippen LogP contribution in [0.2, 0.25) is 0 Å². The summed E-state index contributed by atoms with van der Waals surface area (Å²) in [5.74, 6) is 0.155. The number of hydrogen-bond donors (Lipinski definition) is 1. The zero-order valence-electron chi connectivity index (χ0n) is 11.8. The molecule has 5 heteroatoms. The molecular weight excluding hydrogens is 270 g/mol. The van der Waals surface area contributed by atoms with Crippen LogP contribution in [0.5, 0.6) is 5.75 Å². The van der Waals surface area contributed by atoms with Crippen LogP contribution in [0.25, 0.3) is 10.8 Å². The molecule has 0 saturated carbocycles. The summed E-state index contributed by atoms with van der Waals surface area (Å²) in [6.07, 6.45) is 0.750. The standard InChI is InChI=1S/C16H17NO4/c1-20-9-8-17-16(19)11-21-15-7-6-12-4-2-3-5-13(12)14(15)10-18/h2-7,10H,8-9,11H2,1H3,(H,17,19). The maximum atomic E-state index is 11.6. The molecule has 0 saturated heterocycles. The number of aldehydes is 1. The van der Waals surface area contributed by atoms with E-state index >= 15 is 0 Å². The monoisotopic (exact) mass is 287 g/mol. The highest BCUT2D eigenvalue weighted by Gasteiger charge is 2.09. The van der Waals surface area contributed by atoms with Gasteiger partial charge in [-0.2, -0.15) is 0 Å². The largest absolute Gasteiger partial charge is 0.483 e. The summed E-state index contributed by atoms with van der Waals surface area (Å²) in [5.41, 5.74) is 0.456. The second-order valence-electron chi connectivity index (χ2n) is 4.45. The molecule has 21 heavy (non-hydrogen) atoms. The molecule has 5 nitrogen and oxygen atoms in total. The van der Waals surface area contributed by atoms with Gasteiger partial charge in [-0.3, -0.25) is 9.59 Å². The minimum absolute atomic E-state index is 0.136. The van der Waals surface area contributed by atoms with Crippen molar-refractivity contribution < 1.29 is 19.1 Å². The van der Waals surface area contributed by atoms with Crippen molar-refractivity contribution in [1.82, 2.24) is 5.32 Å². The normalized spacial score (nSPS) is 10.3. The first-order valence-corrected chi connectivity index (χ1v) is 6.61. The third kappa shape index (κ3) is 3.79. The van der Waals surface area contributed by atoms with Gasteiger partial charge in [-0.25, -0.2) is 0 Å². The Morgan fingerprint density at radius 1 is 1.24 bits per heavy atom. The van der Waals surface area contributed by atoms with Crippen LogP contribution in [-0.4, -0.2) is 39.1 Å². The lowest BCUT2D eigenvalue weighted by atomic mass is 10.0. The number of ether oxygens (including phenoxy) is 2. The van der Waals surface area contributed by atoms with Gasteiger partial charge >= 0.3 is 0 Å². The topological polar surface area (TPSA) is 64.6 Å². The van der Waals surface area contributed by atoms with E-state index in [1.807, 2.05) is 30.3 Å². The quantitative estimate of drug-likeness (QED) is 0.623. The van der Waals surface area contributed by atoms with Gasteiger partial charge in [-0.05, 0) is 16.8 Å². The van der Waals surface area contributed by atoms with E-state index in [0.29, 0.717) is 24.5 Å². The SMILES string of the molecule is COCCNC(=O)COc1ccc2ccccc2c1C=O. The van der Waals surface area contributed by atoms with Crippen LogP contribution in [0.4, 0.5) is 0 Å². The maximum Gasteiger partial charge on any atom is 0.258 e. The molecule has 0 aliphatic heterocycles. The maximum absolute atomic E-state index is 11.6. The van der Waals surface area contributed by atoms with Crippen LogP contribution in [0, 0.1) is 0 Å². The lowest BCUT2D eigenvalue weighted by Gasteiger charge is -2.10. The predicted molar refractivity (Wildman–Crippen MR) is 79.7 cm³/mol. The number of hydrogen-bond acceptors (Lipinski definition) is 4. The highest BCUT2D eigenvalue weighted by molar-refractivity contribution is 6.00. The van der Waals surface area contributed by atoms with E-state index in [2.05, 4.69) is 5.32 Å². The van der Waals surface area contributed by atoms with Crippen LogP contribution < -0.4 is 10.1 Å². The van der Waals surface area contributed by atoms with Crippen molar-refractivity contribution in [3.05, 3.63) is 42.0 Å². The summed E-state index contributed by atoms with van der Waals surface area (Å²) in [7, 11) is 1.56. The van der Waals surface area contributed by atoms with Crippen molar-refractivity contribution in [1.29, 1.82) is 0 Å². The number of rotatable bonds is 7. The molecule has 0 aliphatic carbocycles. The van der Waals surface area contributed by atoms with Crippen molar-refractivity contribution >= 4 is 23.0 Å². The fourth-order valence-electron chi connectivity index (χ4n) is 2.01. The molecule has 0 atom stereocenters. The van der Waals surface area contributed by atoms with Gasteiger partial charge in [0, 0.05) is 13.7 Å². The molecule has 0 aliphatic rings. The Morgan fingerprint density at radius 3 is 2.81 bits per heavy atom. The van der Waals surface area contributed by atoms with Crippen molar-refractivity contribution in [3.63, 3.8) is 0 Å². The van der Waals surface area contributed by atoms with Crippen LogP contribution in [0.3, 0.4) is 0 Å². The van der Waals surface area contributed by atoms with Crippen molar-refractivity contribution in [2.45, 2.75) is 0 Å². The fraction of sp³-hybridized carbons (Fsp3) is 0.250. The van der Waals surface area contributed by atoms with Crippen LogP contribution >= 0.6 is 0 Å². The minimum Gasteiger partial charge on any atom is -0.483 e. The Morgan fingerprint density at radius 2 is 2.05 bits per heavy atom. The van der Waals surface area contributed by atoms with Crippen LogP contribution in [-0.2, 0) is 9.53 Å². The van der Waals surface area contributed by atoms with Gasteiger partial charge < -0.3 is 14.8 Å². The van der Waals surface area contributed by atoms with Crippen LogP contribution in [0.15, 0.2) is 36.4 Å². The second kappa shape index (κ2) is 7.40. The van der Waals surface area contributed by atoms with E-state index in [0.717, 1.165) is 17.1 Å². The minimum atomic E-state index is -0.253. The number of carbonyl (C=O) groups excluding carboxylic acids is 2. The molecule has 2 aromatic carbocycles. The lowest BCUT2D eigenvalue weighted by molar-refractivity contribution is -0.123. The summed E-state index contributed by atoms with van der Waals surface area (Å²) in [4.78, 5) is 22.9. The molecule has 0 unspecified atom stereocenters. The van der Waals surface area contributed by atoms with E-state index in [4.69, 9.17) is 9.47 Å². The Hall–Kier alpha value is -2.40. The molecule has 0 bridgehead atoms. The van der Waals surface area contributed by atoms with E-state index < -0.39 is 0 Å². The van der Waals surface area contributed by atoms with Gasteiger partial charge in [0.15, 0.2) is 12.9 Å². The average molecular weight is 287 g/mol. The summed E-state index contributed by atoms with van der Waals surface area (Å²) < 4.78 is 10.3. The molecule has 0 aromatic heterocycles. The first-order chi connectivity index (χ1) is 10.3. The predicted octanol–water partition coefficient (Wildman–Crippen LogP) is 1.79. The molecule has 0 radical (unpaired) electrons.